The maximum atomic E-state index is 14.0. The molecule has 1 unspecified atom stereocenters. The molecule has 1 aliphatic heterocycles. The van der Waals surface area contributed by atoms with Gasteiger partial charge in [0.25, 0.3) is 0 Å². The largest absolute Gasteiger partial charge is 0.397 e. The number of benzene rings is 1. The Bertz CT molecular complexity index is 461. The van der Waals surface area contributed by atoms with Crippen LogP contribution in [0.3, 0.4) is 0 Å². The monoisotopic (exact) mass is 289 g/mol. The van der Waals surface area contributed by atoms with Gasteiger partial charge in [-0.2, -0.15) is 11.8 Å². The number of anilines is 3. The van der Waals surface area contributed by atoms with E-state index in [2.05, 4.69) is 12.2 Å². The number of hydrogen-bond acceptors (Lipinski definition) is 4. The zero-order chi connectivity index (χ0) is 13.3. The predicted octanol–water partition coefficient (Wildman–Crippen LogP) is 3.34. The van der Waals surface area contributed by atoms with Crippen molar-refractivity contribution < 1.29 is 4.39 Å². The molecule has 18 heavy (non-hydrogen) atoms. The first-order valence-electron chi connectivity index (χ1n) is 5.84. The third kappa shape index (κ3) is 2.62. The molecule has 2 rings (SSSR count). The third-order valence-corrected chi connectivity index (χ3v) is 5.13. The average molecular weight is 290 g/mol. The van der Waals surface area contributed by atoms with Crippen LogP contribution in [0.2, 0.25) is 5.02 Å². The molecule has 0 aliphatic carbocycles. The maximum absolute atomic E-state index is 14.0. The Morgan fingerprint density at radius 1 is 1.50 bits per heavy atom. The van der Waals surface area contributed by atoms with E-state index in [0.29, 0.717) is 12.2 Å². The van der Waals surface area contributed by atoms with Crippen molar-refractivity contribution in [2.24, 2.45) is 0 Å². The molecule has 0 spiro atoms. The fourth-order valence-electron chi connectivity index (χ4n) is 2.10. The molecule has 1 aromatic rings. The zero-order valence-electron chi connectivity index (χ0n) is 10.2. The quantitative estimate of drug-likeness (QED) is 0.747. The summed E-state index contributed by atoms with van der Waals surface area (Å²) in [5.41, 5.74) is 12.0. The minimum Gasteiger partial charge on any atom is -0.397 e. The Morgan fingerprint density at radius 3 is 2.83 bits per heavy atom. The Balaban J connectivity index is 2.17. The fraction of sp³-hybridized carbons (Fsp3) is 0.500. The number of hydrogen-bond donors (Lipinski definition) is 3. The van der Waals surface area contributed by atoms with Crippen LogP contribution in [-0.2, 0) is 0 Å². The fourth-order valence-corrected chi connectivity index (χ4v) is 3.49. The molecule has 0 amide bonds. The molecular formula is C12H17ClFN3S. The van der Waals surface area contributed by atoms with Gasteiger partial charge in [0.15, 0.2) is 5.82 Å². The second-order valence-electron chi connectivity index (χ2n) is 4.81. The number of halogens is 2. The summed E-state index contributed by atoms with van der Waals surface area (Å²) in [6, 6.07) is 1.48. The van der Waals surface area contributed by atoms with Crippen LogP contribution in [0.1, 0.15) is 19.8 Å². The van der Waals surface area contributed by atoms with E-state index in [9.17, 15) is 4.39 Å². The van der Waals surface area contributed by atoms with E-state index in [1.165, 1.54) is 12.5 Å². The lowest BCUT2D eigenvalue weighted by molar-refractivity contribution is 0.615. The smallest absolute Gasteiger partial charge is 0.169 e. The second kappa shape index (κ2) is 5.05. The normalized spacial score (nSPS) is 23.3. The van der Waals surface area contributed by atoms with E-state index in [4.69, 9.17) is 23.1 Å². The van der Waals surface area contributed by atoms with Crippen LogP contribution in [0, 0.1) is 5.82 Å². The van der Waals surface area contributed by atoms with Gasteiger partial charge in [-0.05, 0) is 31.6 Å². The summed E-state index contributed by atoms with van der Waals surface area (Å²) in [6.45, 7) is 2.84. The Kier molecular flexibility index (Phi) is 3.82. The average Bonchev–Trinajstić information content (AvgIpc) is 2.73. The lowest BCUT2D eigenvalue weighted by atomic mass is 10.1. The van der Waals surface area contributed by atoms with Crippen molar-refractivity contribution in [1.29, 1.82) is 0 Å². The molecular weight excluding hydrogens is 273 g/mol. The summed E-state index contributed by atoms with van der Waals surface area (Å²) in [4.78, 5) is 0. The molecule has 0 aromatic heterocycles. The summed E-state index contributed by atoms with van der Waals surface area (Å²) >= 11 is 7.68. The zero-order valence-corrected chi connectivity index (χ0v) is 11.8. The molecule has 3 nitrogen and oxygen atoms in total. The van der Waals surface area contributed by atoms with Gasteiger partial charge in [0.2, 0.25) is 0 Å². The highest BCUT2D eigenvalue weighted by Crippen LogP contribution is 2.39. The molecule has 1 heterocycles. The Morgan fingerprint density at radius 2 is 2.22 bits per heavy atom. The van der Waals surface area contributed by atoms with Crippen molar-refractivity contribution in [2.75, 3.05) is 29.1 Å². The summed E-state index contributed by atoms with van der Waals surface area (Å²) in [5, 5.41) is 3.00. The van der Waals surface area contributed by atoms with Gasteiger partial charge in [-0.3, -0.25) is 0 Å². The van der Waals surface area contributed by atoms with Gasteiger partial charge in [-0.25, -0.2) is 4.39 Å². The molecule has 0 bridgehead atoms. The van der Waals surface area contributed by atoms with E-state index in [0.717, 1.165) is 12.2 Å². The minimum absolute atomic E-state index is 0.0732. The van der Waals surface area contributed by atoms with E-state index in [1.54, 1.807) is 0 Å². The molecule has 1 atom stereocenters. The highest BCUT2D eigenvalue weighted by molar-refractivity contribution is 8.00. The highest BCUT2D eigenvalue weighted by atomic mass is 35.5. The third-order valence-electron chi connectivity index (χ3n) is 3.20. The second-order valence-corrected chi connectivity index (χ2v) is 6.87. The molecule has 1 aliphatic rings. The van der Waals surface area contributed by atoms with Crippen molar-refractivity contribution in [3.8, 4) is 0 Å². The topological polar surface area (TPSA) is 64.1 Å². The highest BCUT2D eigenvalue weighted by Gasteiger charge is 2.29. The van der Waals surface area contributed by atoms with Crippen molar-refractivity contribution in [1.82, 2.24) is 0 Å². The molecule has 6 heteroatoms. The van der Waals surface area contributed by atoms with Crippen LogP contribution < -0.4 is 16.8 Å². The lowest BCUT2D eigenvalue weighted by Crippen LogP contribution is -2.27. The van der Waals surface area contributed by atoms with Gasteiger partial charge in [0, 0.05) is 11.3 Å². The summed E-state index contributed by atoms with van der Waals surface area (Å²) < 4.78 is 14.1. The van der Waals surface area contributed by atoms with E-state index in [-0.39, 0.29) is 21.1 Å². The minimum atomic E-state index is -0.569. The van der Waals surface area contributed by atoms with Crippen LogP contribution >= 0.6 is 23.4 Å². The van der Waals surface area contributed by atoms with Crippen molar-refractivity contribution in [3.63, 3.8) is 0 Å². The molecule has 1 saturated heterocycles. The van der Waals surface area contributed by atoms with Gasteiger partial charge in [0.05, 0.1) is 17.1 Å². The lowest BCUT2D eigenvalue weighted by Gasteiger charge is -2.24. The number of nitrogen functional groups attached to an aromatic ring is 2. The van der Waals surface area contributed by atoms with Gasteiger partial charge in [-0.15, -0.1) is 0 Å². The van der Waals surface area contributed by atoms with E-state index < -0.39 is 5.82 Å². The van der Waals surface area contributed by atoms with Gasteiger partial charge in [0.1, 0.15) is 5.02 Å². The van der Waals surface area contributed by atoms with Crippen LogP contribution in [0.5, 0.6) is 0 Å². The van der Waals surface area contributed by atoms with Gasteiger partial charge in [-0.1, -0.05) is 11.6 Å². The van der Waals surface area contributed by atoms with E-state index in [1.807, 2.05) is 11.8 Å². The number of rotatable bonds is 3. The molecule has 1 fully saturated rings. The van der Waals surface area contributed by atoms with Crippen LogP contribution in [0.25, 0.3) is 0 Å². The molecule has 0 saturated carbocycles. The number of nitrogens with two attached hydrogens (primary N) is 2. The number of nitrogens with one attached hydrogen (secondary N) is 1. The summed E-state index contributed by atoms with van der Waals surface area (Å²) in [6.07, 6.45) is 2.32. The first kappa shape index (κ1) is 13.6. The maximum Gasteiger partial charge on any atom is 0.169 e. The van der Waals surface area contributed by atoms with Gasteiger partial charge >= 0.3 is 0 Å². The van der Waals surface area contributed by atoms with E-state index >= 15 is 0 Å². The predicted molar refractivity (Wildman–Crippen MR) is 78.8 cm³/mol. The summed E-state index contributed by atoms with van der Waals surface area (Å²) in [7, 11) is 0. The molecule has 0 radical (unpaired) electrons. The van der Waals surface area contributed by atoms with Crippen LogP contribution in [0.15, 0.2) is 6.07 Å². The Hall–Kier alpha value is -0.810. The SMILES string of the molecule is CC1(CNc2c(N)cc(N)c(Cl)c2F)CCCS1. The number of thioether (sulfide) groups is 1. The molecule has 5 N–H and O–H groups in total. The van der Waals surface area contributed by atoms with Gasteiger partial charge < -0.3 is 16.8 Å². The Labute approximate surface area is 115 Å². The molecule has 100 valence electrons. The van der Waals surface area contributed by atoms with Crippen molar-refractivity contribution in [2.45, 2.75) is 24.5 Å². The van der Waals surface area contributed by atoms with Crippen molar-refractivity contribution >= 4 is 40.4 Å². The standard InChI is InChI=1S/C12H17ClFN3S/c1-12(3-2-4-18-12)6-17-11-8(16)5-7(15)9(13)10(11)14/h5,17H,2-4,6,15-16H2,1H3. The van der Waals surface area contributed by atoms with Crippen LogP contribution in [0.4, 0.5) is 21.5 Å². The van der Waals surface area contributed by atoms with Crippen LogP contribution in [-0.4, -0.2) is 17.0 Å². The molecule has 1 aromatic carbocycles. The first-order valence-corrected chi connectivity index (χ1v) is 7.20. The van der Waals surface area contributed by atoms with Crippen molar-refractivity contribution in [3.05, 3.63) is 16.9 Å². The summed E-state index contributed by atoms with van der Waals surface area (Å²) in [5.74, 6) is 0.583. The first-order chi connectivity index (χ1) is 8.43.